The quantitative estimate of drug-likeness (QED) is 0.825. The number of fused-ring (bicyclic) bond motifs is 1. The van der Waals surface area contributed by atoms with Crippen molar-refractivity contribution >= 4 is 40.3 Å². The van der Waals surface area contributed by atoms with Gasteiger partial charge in [0, 0.05) is 36.0 Å². The number of nitrogens with zero attached hydrogens (tertiary/aromatic N) is 1. The van der Waals surface area contributed by atoms with Crippen LogP contribution in [0.4, 0.5) is 0 Å². The van der Waals surface area contributed by atoms with E-state index >= 15 is 0 Å². The number of carbonyl (C=O) groups excluding carboxylic acids is 3. The van der Waals surface area contributed by atoms with Crippen molar-refractivity contribution in [2.24, 2.45) is 5.41 Å². The monoisotopic (exact) mass is 362 g/mol. The molecule has 7 nitrogen and oxygen atoms in total. The van der Waals surface area contributed by atoms with Gasteiger partial charge in [0.1, 0.15) is 0 Å². The molecule has 4 rings (SSSR count). The molecule has 130 valence electrons. The maximum absolute atomic E-state index is 12.8. The summed E-state index contributed by atoms with van der Waals surface area (Å²) >= 11 is 6.04. The number of likely N-dealkylation sites (tertiary alicyclic amines) is 1. The zero-order valence-electron chi connectivity index (χ0n) is 13.4. The van der Waals surface area contributed by atoms with Gasteiger partial charge in [-0.25, -0.2) is 0 Å². The molecule has 2 aromatic rings. The van der Waals surface area contributed by atoms with Crippen LogP contribution in [0.15, 0.2) is 22.6 Å². The number of hydrogen-bond acceptors (Lipinski definition) is 5. The molecule has 1 aromatic carbocycles. The Morgan fingerprint density at radius 3 is 2.84 bits per heavy atom. The number of amides is 3. The predicted octanol–water partition coefficient (Wildman–Crippen LogP) is 1.97. The zero-order valence-corrected chi connectivity index (χ0v) is 14.2. The first-order valence-corrected chi connectivity index (χ1v) is 8.20. The van der Waals surface area contributed by atoms with Gasteiger partial charge in [-0.15, -0.1) is 0 Å². The highest BCUT2D eigenvalue weighted by atomic mass is 35.5. The summed E-state index contributed by atoms with van der Waals surface area (Å²) in [5.41, 5.74) is -0.363. The third-order valence-corrected chi connectivity index (χ3v) is 5.07. The lowest BCUT2D eigenvalue weighted by Gasteiger charge is -2.19. The molecule has 8 heteroatoms. The normalized spacial score (nSPS) is 22.9. The molecule has 3 heterocycles. The summed E-state index contributed by atoms with van der Waals surface area (Å²) in [7, 11) is 1.50. The topological polar surface area (TPSA) is 88.9 Å². The molecule has 0 radical (unpaired) electrons. The minimum absolute atomic E-state index is 0.124. The maximum atomic E-state index is 12.8. The van der Waals surface area contributed by atoms with Crippen LogP contribution >= 0.6 is 11.6 Å². The first-order chi connectivity index (χ1) is 11.9. The van der Waals surface area contributed by atoms with E-state index in [4.69, 9.17) is 20.8 Å². The van der Waals surface area contributed by atoms with E-state index in [0.29, 0.717) is 34.7 Å². The first kappa shape index (κ1) is 16.0. The molecular weight excluding hydrogens is 348 g/mol. The second-order valence-electron chi connectivity index (χ2n) is 6.45. The van der Waals surface area contributed by atoms with E-state index in [1.165, 1.54) is 7.11 Å². The first-order valence-electron chi connectivity index (χ1n) is 7.82. The molecule has 25 heavy (non-hydrogen) atoms. The number of benzene rings is 1. The Morgan fingerprint density at radius 1 is 1.36 bits per heavy atom. The van der Waals surface area contributed by atoms with E-state index in [1.807, 2.05) is 0 Å². The molecule has 3 amide bonds. The molecule has 2 aliphatic rings. The summed E-state index contributed by atoms with van der Waals surface area (Å²) in [6.45, 7) is 0.604. The molecule has 2 saturated heterocycles. The smallest absolute Gasteiger partial charge is 0.289 e. The van der Waals surface area contributed by atoms with Crippen LogP contribution in [-0.2, 0) is 9.59 Å². The van der Waals surface area contributed by atoms with Gasteiger partial charge in [-0.05, 0) is 18.6 Å². The van der Waals surface area contributed by atoms with Crippen LogP contribution in [0, 0.1) is 5.41 Å². The SMILES string of the molecule is COc1cc(Cl)cc2cc(C(=O)N3CC[C@@]4(CC(=O)NC4=O)C3)oc12. The fourth-order valence-corrected chi connectivity index (χ4v) is 3.78. The summed E-state index contributed by atoms with van der Waals surface area (Å²) in [5.74, 6) is -0.316. The van der Waals surface area contributed by atoms with Crippen molar-refractivity contribution in [3.05, 3.63) is 29.0 Å². The van der Waals surface area contributed by atoms with Gasteiger partial charge in [0.25, 0.3) is 5.91 Å². The van der Waals surface area contributed by atoms with Crippen LogP contribution in [0.25, 0.3) is 11.0 Å². The van der Waals surface area contributed by atoms with Crippen LogP contribution in [-0.4, -0.2) is 42.8 Å². The summed E-state index contributed by atoms with van der Waals surface area (Å²) < 4.78 is 10.9. The van der Waals surface area contributed by atoms with E-state index in [9.17, 15) is 14.4 Å². The number of nitrogens with one attached hydrogen (secondary N) is 1. The predicted molar refractivity (Wildman–Crippen MR) is 88.5 cm³/mol. The molecule has 1 N–H and O–H groups in total. The number of furan rings is 1. The molecule has 0 bridgehead atoms. The molecule has 2 fully saturated rings. The zero-order chi connectivity index (χ0) is 17.8. The Kier molecular flexibility index (Phi) is 3.50. The van der Waals surface area contributed by atoms with Crippen molar-refractivity contribution in [2.75, 3.05) is 20.2 Å². The Labute approximate surface area is 147 Å². The molecule has 2 aliphatic heterocycles. The van der Waals surface area contributed by atoms with Gasteiger partial charge >= 0.3 is 0 Å². The van der Waals surface area contributed by atoms with Gasteiger partial charge in [0.2, 0.25) is 11.8 Å². The van der Waals surface area contributed by atoms with Crippen LogP contribution in [0.3, 0.4) is 0 Å². The summed E-state index contributed by atoms with van der Waals surface area (Å²) in [6, 6.07) is 4.91. The van der Waals surface area contributed by atoms with Gasteiger partial charge in [0.15, 0.2) is 17.1 Å². The third-order valence-electron chi connectivity index (χ3n) is 4.85. The van der Waals surface area contributed by atoms with Crippen LogP contribution in [0.5, 0.6) is 5.75 Å². The molecule has 1 atom stereocenters. The summed E-state index contributed by atoms with van der Waals surface area (Å²) in [5, 5.41) is 3.46. The maximum Gasteiger partial charge on any atom is 0.289 e. The Morgan fingerprint density at radius 2 is 2.16 bits per heavy atom. The number of imide groups is 1. The second-order valence-corrected chi connectivity index (χ2v) is 6.88. The lowest BCUT2D eigenvalue weighted by molar-refractivity contribution is -0.128. The highest BCUT2D eigenvalue weighted by Crippen LogP contribution is 2.39. The van der Waals surface area contributed by atoms with Gasteiger partial charge in [-0.2, -0.15) is 0 Å². The third kappa shape index (κ3) is 2.46. The number of methoxy groups -OCH3 is 1. The van der Waals surface area contributed by atoms with Crippen molar-refractivity contribution < 1.29 is 23.5 Å². The molecule has 0 aliphatic carbocycles. The lowest BCUT2D eigenvalue weighted by atomic mass is 9.85. The van der Waals surface area contributed by atoms with E-state index in [2.05, 4.69) is 5.32 Å². The van der Waals surface area contributed by atoms with Crippen LogP contribution in [0.1, 0.15) is 23.4 Å². The minimum Gasteiger partial charge on any atom is -0.493 e. The molecule has 1 spiro atoms. The van der Waals surface area contributed by atoms with E-state index in [1.54, 1.807) is 23.1 Å². The highest BCUT2D eigenvalue weighted by molar-refractivity contribution is 6.31. The molecule has 1 aromatic heterocycles. The number of rotatable bonds is 2. The van der Waals surface area contributed by atoms with Gasteiger partial charge in [0.05, 0.1) is 12.5 Å². The van der Waals surface area contributed by atoms with Crippen molar-refractivity contribution in [1.29, 1.82) is 0 Å². The molecular formula is C17H15ClN2O5. The minimum atomic E-state index is -0.806. The number of ether oxygens (including phenoxy) is 1. The van der Waals surface area contributed by atoms with E-state index in [-0.39, 0.29) is 36.4 Å². The number of carbonyl (C=O) groups is 3. The summed E-state index contributed by atoms with van der Waals surface area (Å²) in [6.07, 6.45) is 0.588. The Hall–Kier alpha value is -2.54. The van der Waals surface area contributed by atoms with E-state index < -0.39 is 5.41 Å². The number of hydrogen-bond donors (Lipinski definition) is 1. The van der Waals surface area contributed by atoms with Crippen LogP contribution < -0.4 is 10.1 Å². The Bertz CT molecular complexity index is 921. The highest BCUT2D eigenvalue weighted by Gasteiger charge is 2.52. The van der Waals surface area contributed by atoms with Gasteiger partial charge in [-0.3, -0.25) is 19.7 Å². The molecule has 0 saturated carbocycles. The standard InChI is InChI=1S/C17H15ClN2O5/c1-24-11-6-10(18)4-9-5-12(25-14(9)11)15(22)20-3-2-17(8-20)7-13(21)19-16(17)23/h4-6H,2-3,7-8H2,1H3,(H,19,21,23)/t17-/m1/s1. The van der Waals surface area contributed by atoms with E-state index in [0.717, 1.165) is 0 Å². The Balaban J connectivity index is 1.63. The van der Waals surface area contributed by atoms with Crippen molar-refractivity contribution in [3.8, 4) is 5.75 Å². The fourth-order valence-electron chi connectivity index (χ4n) is 3.57. The average molecular weight is 363 g/mol. The van der Waals surface area contributed by atoms with Crippen molar-refractivity contribution in [2.45, 2.75) is 12.8 Å². The molecule has 0 unspecified atom stereocenters. The largest absolute Gasteiger partial charge is 0.493 e. The van der Waals surface area contributed by atoms with Gasteiger partial charge < -0.3 is 14.1 Å². The average Bonchev–Trinajstić information content (AvgIpc) is 3.24. The van der Waals surface area contributed by atoms with Crippen molar-refractivity contribution in [3.63, 3.8) is 0 Å². The van der Waals surface area contributed by atoms with Gasteiger partial charge in [-0.1, -0.05) is 11.6 Å². The summed E-state index contributed by atoms with van der Waals surface area (Å²) in [4.78, 5) is 37.9. The fraction of sp³-hybridized carbons (Fsp3) is 0.353. The second kappa shape index (κ2) is 5.49. The number of halogens is 1. The van der Waals surface area contributed by atoms with Crippen molar-refractivity contribution in [1.82, 2.24) is 10.2 Å². The lowest BCUT2D eigenvalue weighted by Crippen LogP contribution is -2.36. The van der Waals surface area contributed by atoms with Crippen LogP contribution in [0.2, 0.25) is 5.02 Å².